The van der Waals surface area contributed by atoms with Crippen molar-refractivity contribution in [1.29, 1.82) is 0 Å². The number of benzene rings is 1. The fourth-order valence-electron chi connectivity index (χ4n) is 3.72. The lowest BCUT2D eigenvalue weighted by Gasteiger charge is -2.32. The Bertz CT molecular complexity index is 1020. The van der Waals surface area contributed by atoms with E-state index in [2.05, 4.69) is 15.3 Å². The van der Waals surface area contributed by atoms with Crippen LogP contribution in [0, 0.1) is 6.92 Å². The minimum atomic E-state index is 0.138. The third-order valence-corrected chi connectivity index (χ3v) is 5.63. The molecule has 154 valence electrons. The molecule has 0 saturated carbocycles. The van der Waals surface area contributed by atoms with Crippen LogP contribution in [0.3, 0.4) is 0 Å². The Hall–Kier alpha value is -2.99. The number of carbonyl (C=O) groups is 1. The number of aryl methyl sites for hydroxylation is 1. The van der Waals surface area contributed by atoms with Gasteiger partial charge in [0, 0.05) is 36.4 Å². The van der Waals surface area contributed by atoms with Crippen LogP contribution in [0.1, 0.15) is 35.6 Å². The van der Waals surface area contributed by atoms with Gasteiger partial charge >= 0.3 is 0 Å². The summed E-state index contributed by atoms with van der Waals surface area (Å²) in [7, 11) is 0. The van der Waals surface area contributed by atoms with Crippen LogP contribution in [0.5, 0.6) is 0 Å². The van der Waals surface area contributed by atoms with Gasteiger partial charge < -0.3 is 10.2 Å². The molecule has 7 heteroatoms. The Labute approximate surface area is 181 Å². The summed E-state index contributed by atoms with van der Waals surface area (Å²) in [6.07, 6.45) is 5.86. The van der Waals surface area contributed by atoms with Crippen LogP contribution in [0.4, 0.5) is 11.8 Å². The molecular formula is C23H24ClN5O. The molecule has 1 N–H and O–H groups in total. The van der Waals surface area contributed by atoms with E-state index in [0.29, 0.717) is 23.9 Å². The molecule has 1 fully saturated rings. The van der Waals surface area contributed by atoms with E-state index in [1.165, 1.54) is 0 Å². The van der Waals surface area contributed by atoms with Crippen LogP contribution in [0.2, 0.25) is 5.02 Å². The molecule has 0 spiro atoms. The minimum absolute atomic E-state index is 0.138. The summed E-state index contributed by atoms with van der Waals surface area (Å²) in [5, 5.41) is 3.88. The van der Waals surface area contributed by atoms with Crippen LogP contribution in [-0.2, 0) is 11.2 Å². The molecule has 30 heavy (non-hydrogen) atoms. The average molecular weight is 422 g/mol. The molecule has 3 aromatic rings. The van der Waals surface area contributed by atoms with Gasteiger partial charge in [-0.1, -0.05) is 29.8 Å². The monoisotopic (exact) mass is 421 g/mol. The quantitative estimate of drug-likeness (QED) is 0.655. The number of aromatic nitrogens is 3. The molecule has 2 aromatic heterocycles. The number of pyridine rings is 1. The third kappa shape index (κ3) is 4.94. The van der Waals surface area contributed by atoms with Gasteiger partial charge in [0.05, 0.1) is 12.1 Å². The molecule has 1 amide bonds. The van der Waals surface area contributed by atoms with Crippen molar-refractivity contribution in [3.8, 4) is 0 Å². The van der Waals surface area contributed by atoms with Gasteiger partial charge in [-0.15, -0.1) is 0 Å². The first kappa shape index (κ1) is 20.3. The second kappa shape index (κ2) is 9.22. The van der Waals surface area contributed by atoms with Gasteiger partial charge in [0.25, 0.3) is 0 Å². The van der Waals surface area contributed by atoms with Crippen molar-refractivity contribution in [2.24, 2.45) is 0 Å². The molecule has 1 atom stereocenters. The van der Waals surface area contributed by atoms with Crippen LogP contribution in [0.15, 0.2) is 54.9 Å². The van der Waals surface area contributed by atoms with Gasteiger partial charge in [-0.05, 0) is 55.2 Å². The maximum absolute atomic E-state index is 12.8. The number of anilines is 2. The van der Waals surface area contributed by atoms with E-state index in [4.69, 9.17) is 16.6 Å². The first-order valence-corrected chi connectivity index (χ1v) is 10.5. The molecule has 0 radical (unpaired) electrons. The smallest absolute Gasteiger partial charge is 0.228 e. The highest BCUT2D eigenvalue weighted by Crippen LogP contribution is 2.27. The molecule has 1 aliphatic rings. The highest BCUT2D eigenvalue weighted by atomic mass is 35.5. The summed E-state index contributed by atoms with van der Waals surface area (Å²) < 4.78 is 0. The van der Waals surface area contributed by atoms with Crippen LogP contribution < -0.4 is 5.32 Å². The maximum atomic E-state index is 12.8. The highest BCUT2D eigenvalue weighted by Gasteiger charge is 2.26. The van der Waals surface area contributed by atoms with Gasteiger partial charge in [0.1, 0.15) is 5.82 Å². The summed E-state index contributed by atoms with van der Waals surface area (Å²) in [4.78, 5) is 28.1. The summed E-state index contributed by atoms with van der Waals surface area (Å²) in [5.74, 6) is 1.61. The number of halogens is 1. The Balaban J connectivity index is 1.43. The Morgan fingerprint density at radius 2 is 2.00 bits per heavy atom. The van der Waals surface area contributed by atoms with Gasteiger partial charge in [0.15, 0.2) is 0 Å². The largest absolute Gasteiger partial charge is 0.342 e. The van der Waals surface area contributed by atoms with Gasteiger partial charge in [-0.25, -0.2) is 15.0 Å². The van der Waals surface area contributed by atoms with E-state index < -0.39 is 0 Å². The van der Waals surface area contributed by atoms with Crippen molar-refractivity contribution < 1.29 is 4.79 Å². The average Bonchev–Trinajstić information content (AvgIpc) is 2.77. The second-order valence-corrected chi connectivity index (χ2v) is 8.02. The normalized spacial score (nSPS) is 16.3. The van der Waals surface area contributed by atoms with Crippen molar-refractivity contribution >= 4 is 29.3 Å². The number of rotatable bonds is 5. The van der Waals surface area contributed by atoms with Gasteiger partial charge in [-0.3, -0.25) is 4.79 Å². The number of hydrogen-bond acceptors (Lipinski definition) is 5. The Morgan fingerprint density at radius 1 is 1.17 bits per heavy atom. The predicted molar refractivity (Wildman–Crippen MR) is 118 cm³/mol. The molecule has 4 rings (SSSR count). The molecule has 1 unspecified atom stereocenters. The first-order chi connectivity index (χ1) is 14.6. The molecule has 1 aromatic carbocycles. The number of amides is 1. The van der Waals surface area contributed by atoms with Crippen molar-refractivity contribution in [2.75, 3.05) is 18.4 Å². The van der Waals surface area contributed by atoms with Gasteiger partial charge in [-0.2, -0.15) is 0 Å². The number of piperidine rings is 1. The number of hydrogen-bond donors (Lipinski definition) is 1. The lowest BCUT2D eigenvalue weighted by atomic mass is 9.94. The van der Waals surface area contributed by atoms with Crippen molar-refractivity contribution in [3.05, 3.63) is 76.7 Å². The van der Waals surface area contributed by atoms with E-state index in [1.807, 2.05) is 54.3 Å². The number of carbonyl (C=O) groups excluding carboxylic acids is 1. The van der Waals surface area contributed by atoms with Crippen LogP contribution in [-0.4, -0.2) is 38.8 Å². The Morgan fingerprint density at radius 3 is 2.80 bits per heavy atom. The lowest BCUT2D eigenvalue weighted by Crippen LogP contribution is -2.40. The standard InChI is InChI=1S/C23H24ClN5O/c1-16-4-2-11-25-22(16)28-23-26-12-10-20(27-23)18-5-3-13-29(15-18)21(30)14-17-6-8-19(24)9-7-17/h2,4,6-12,18H,3,5,13-15H2,1H3,(H,25,26,27,28). The minimum Gasteiger partial charge on any atom is -0.342 e. The summed E-state index contributed by atoms with van der Waals surface area (Å²) in [6.45, 7) is 3.45. The zero-order valence-electron chi connectivity index (χ0n) is 16.9. The molecule has 3 heterocycles. The number of likely N-dealkylation sites (tertiary alicyclic amines) is 1. The summed E-state index contributed by atoms with van der Waals surface area (Å²) in [6, 6.07) is 13.3. The Kier molecular flexibility index (Phi) is 6.23. The van der Waals surface area contributed by atoms with E-state index in [-0.39, 0.29) is 11.8 Å². The van der Waals surface area contributed by atoms with Crippen LogP contribution in [0.25, 0.3) is 0 Å². The highest BCUT2D eigenvalue weighted by molar-refractivity contribution is 6.30. The third-order valence-electron chi connectivity index (χ3n) is 5.38. The SMILES string of the molecule is Cc1cccnc1Nc1nccc(C2CCCN(C(=O)Cc3ccc(Cl)cc3)C2)n1. The first-order valence-electron chi connectivity index (χ1n) is 10.1. The fourth-order valence-corrected chi connectivity index (χ4v) is 3.84. The molecule has 1 aliphatic heterocycles. The van der Waals surface area contributed by atoms with E-state index in [1.54, 1.807) is 12.4 Å². The number of nitrogens with zero attached hydrogens (tertiary/aromatic N) is 4. The summed E-state index contributed by atoms with van der Waals surface area (Å²) >= 11 is 5.94. The summed E-state index contributed by atoms with van der Waals surface area (Å²) in [5.41, 5.74) is 2.96. The van der Waals surface area contributed by atoms with E-state index >= 15 is 0 Å². The van der Waals surface area contributed by atoms with Gasteiger partial charge in [0.2, 0.25) is 11.9 Å². The predicted octanol–water partition coefficient (Wildman–Crippen LogP) is 4.53. The molecule has 6 nitrogen and oxygen atoms in total. The topological polar surface area (TPSA) is 71.0 Å². The molecule has 0 aliphatic carbocycles. The van der Waals surface area contributed by atoms with Crippen LogP contribution >= 0.6 is 11.6 Å². The van der Waals surface area contributed by atoms with E-state index in [0.717, 1.165) is 42.0 Å². The maximum Gasteiger partial charge on any atom is 0.228 e. The fraction of sp³-hybridized carbons (Fsp3) is 0.304. The lowest BCUT2D eigenvalue weighted by molar-refractivity contribution is -0.131. The second-order valence-electron chi connectivity index (χ2n) is 7.58. The zero-order valence-corrected chi connectivity index (χ0v) is 17.6. The van der Waals surface area contributed by atoms with Crippen molar-refractivity contribution in [3.63, 3.8) is 0 Å². The molecule has 1 saturated heterocycles. The molecular weight excluding hydrogens is 398 g/mol. The van der Waals surface area contributed by atoms with Crippen molar-refractivity contribution in [1.82, 2.24) is 19.9 Å². The van der Waals surface area contributed by atoms with E-state index in [9.17, 15) is 4.79 Å². The zero-order chi connectivity index (χ0) is 20.9. The number of nitrogens with one attached hydrogen (secondary N) is 1. The molecule has 0 bridgehead atoms. The van der Waals surface area contributed by atoms with Crippen molar-refractivity contribution in [2.45, 2.75) is 32.1 Å².